The van der Waals surface area contributed by atoms with Gasteiger partial charge in [-0.2, -0.15) is 0 Å². The second-order valence-electron chi connectivity index (χ2n) is 5.10. The summed E-state index contributed by atoms with van der Waals surface area (Å²) in [5.74, 6) is 0. The lowest BCUT2D eigenvalue weighted by atomic mass is 9.91. The lowest BCUT2D eigenvalue weighted by Crippen LogP contribution is -2.33. The number of nitrogens with zero attached hydrogens (tertiary/aromatic N) is 1. The fraction of sp³-hybridized carbons (Fsp3) is 0.429. The standard InChI is InChI=1S/C14H17BrN2/c1-17(2)9-6-7-13-11(8-9)10-4-3-5-12(15)14(10)16-13/h3-5,9,16H,6-8H2,1-2H3/t9-/m1/s1. The van der Waals surface area contributed by atoms with Crippen LogP contribution in [0, 0.1) is 0 Å². The molecule has 1 N–H and O–H groups in total. The van der Waals surface area contributed by atoms with Crippen LogP contribution in [0.4, 0.5) is 0 Å². The van der Waals surface area contributed by atoms with Crippen LogP contribution in [-0.4, -0.2) is 30.0 Å². The normalized spacial score (nSPS) is 19.9. The van der Waals surface area contributed by atoms with E-state index >= 15 is 0 Å². The monoisotopic (exact) mass is 292 g/mol. The van der Waals surface area contributed by atoms with Gasteiger partial charge in [0.2, 0.25) is 0 Å². The highest BCUT2D eigenvalue weighted by Crippen LogP contribution is 2.33. The number of aromatic amines is 1. The molecule has 1 heterocycles. The number of nitrogens with one attached hydrogen (secondary N) is 1. The van der Waals surface area contributed by atoms with Gasteiger partial charge >= 0.3 is 0 Å². The molecule has 3 rings (SSSR count). The Morgan fingerprint density at radius 1 is 1.35 bits per heavy atom. The van der Waals surface area contributed by atoms with Crippen LogP contribution in [0.1, 0.15) is 17.7 Å². The molecule has 1 aromatic carbocycles. The van der Waals surface area contributed by atoms with E-state index in [0.717, 1.165) is 0 Å². The number of para-hydroxylation sites is 1. The van der Waals surface area contributed by atoms with Crippen molar-refractivity contribution >= 4 is 26.8 Å². The third kappa shape index (κ3) is 1.81. The van der Waals surface area contributed by atoms with Crippen molar-refractivity contribution in [3.63, 3.8) is 0 Å². The van der Waals surface area contributed by atoms with Crippen LogP contribution in [0.3, 0.4) is 0 Å². The minimum Gasteiger partial charge on any atom is -0.357 e. The number of hydrogen-bond acceptors (Lipinski definition) is 1. The van der Waals surface area contributed by atoms with Crippen molar-refractivity contribution in [2.24, 2.45) is 0 Å². The van der Waals surface area contributed by atoms with Crippen molar-refractivity contribution in [3.05, 3.63) is 33.9 Å². The zero-order chi connectivity index (χ0) is 12.0. The van der Waals surface area contributed by atoms with Gasteiger partial charge in [-0.3, -0.25) is 0 Å². The van der Waals surface area contributed by atoms with E-state index in [9.17, 15) is 0 Å². The summed E-state index contributed by atoms with van der Waals surface area (Å²) in [6.07, 6.45) is 3.59. The minimum atomic E-state index is 0.681. The highest BCUT2D eigenvalue weighted by atomic mass is 79.9. The number of benzene rings is 1. The molecule has 2 nitrogen and oxygen atoms in total. The van der Waals surface area contributed by atoms with Gasteiger partial charge in [0, 0.05) is 21.6 Å². The van der Waals surface area contributed by atoms with Crippen LogP contribution in [0.5, 0.6) is 0 Å². The van der Waals surface area contributed by atoms with E-state index < -0.39 is 0 Å². The summed E-state index contributed by atoms with van der Waals surface area (Å²) < 4.78 is 1.17. The SMILES string of the molecule is CN(C)[C@@H]1CCc2[nH]c3c(Br)cccc3c2C1. The molecule has 17 heavy (non-hydrogen) atoms. The number of likely N-dealkylation sites (N-methyl/N-ethyl adjacent to an activating group) is 1. The Bertz CT molecular complexity index is 557. The number of halogens is 1. The van der Waals surface area contributed by atoms with Crippen molar-refractivity contribution in [2.75, 3.05) is 14.1 Å². The summed E-state index contributed by atoms with van der Waals surface area (Å²) in [5.41, 5.74) is 4.22. The molecule has 3 heteroatoms. The first kappa shape index (κ1) is 11.3. The summed E-state index contributed by atoms with van der Waals surface area (Å²) in [7, 11) is 4.36. The first-order chi connectivity index (χ1) is 8.16. The lowest BCUT2D eigenvalue weighted by molar-refractivity contribution is 0.268. The van der Waals surface area contributed by atoms with E-state index in [1.807, 2.05) is 0 Å². The average molecular weight is 293 g/mol. The molecule has 2 aromatic rings. The van der Waals surface area contributed by atoms with Gasteiger partial charge < -0.3 is 9.88 Å². The Hall–Kier alpha value is -0.800. The van der Waals surface area contributed by atoms with Gasteiger partial charge in [0.1, 0.15) is 0 Å². The highest BCUT2D eigenvalue weighted by Gasteiger charge is 2.23. The van der Waals surface area contributed by atoms with E-state index in [-0.39, 0.29) is 0 Å². The Kier molecular flexibility index (Phi) is 2.75. The van der Waals surface area contributed by atoms with Gasteiger partial charge in [-0.05, 0) is 60.9 Å². The molecular formula is C14H17BrN2. The molecule has 0 unspecified atom stereocenters. The third-order valence-corrected chi connectivity index (χ3v) is 4.54. The summed E-state index contributed by atoms with van der Waals surface area (Å²) >= 11 is 3.63. The zero-order valence-corrected chi connectivity index (χ0v) is 11.8. The van der Waals surface area contributed by atoms with Gasteiger partial charge in [-0.25, -0.2) is 0 Å². The Morgan fingerprint density at radius 2 is 2.18 bits per heavy atom. The molecule has 1 aromatic heterocycles. The Balaban J connectivity index is 2.12. The van der Waals surface area contributed by atoms with Gasteiger partial charge in [-0.15, -0.1) is 0 Å². The van der Waals surface area contributed by atoms with E-state index in [1.165, 1.54) is 45.9 Å². The van der Waals surface area contributed by atoms with Gasteiger partial charge in [0.05, 0.1) is 5.52 Å². The molecule has 1 aliphatic rings. The van der Waals surface area contributed by atoms with Crippen molar-refractivity contribution in [2.45, 2.75) is 25.3 Å². The topological polar surface area (TPSA) is 19.0 Å². The molecular weight excluding hydrogens is 276 g/mol. The van der Waals surface area contributed by atoms with Gasteiger partial charge in [0.25, 0.3) is 0 Å². The number of fused-ring (bicyclic) bond motifs is 3. The highest BCUT2D eigenvalue weighted by molar-refractivity contribution is 9.10. The zero-order valence-electron chi connectivity index (χ0n) is 10.3. The van der Waals surface area contributed by atoms with E-state index in [2.05, 4.69) is 58.1 Å². The smallest absolute Gasteiger partial charge is 0.0603 e. The van der Waals surface area contributed by atoms with Crippen LogP contribution >= 0.6 is 15.9 Å². The summed E-state index contributed by atoms with van der Waals surface area (Å²) in [6, 6.07) is 7.14. The molecule has 0 saturated carbocycles. The molecule has 0 bridgehead atoms. The number of hydrogen-bond donors (Lipinski definition) is 1. The molecule has 0 fully saturated rings. The molecule has 1 aliphatic carbocycles. The maximum Gasteiger partial charge on any atom is 0.0603 e. The minimum absolute atomic E-state index is 0.681. The predicted octanol–water partition coefficient (Wildman–Crippen LogP) is 3.35. The van der Waals surface area contributed by atoms with Crippen molar-refractivity contribution in [1.82, 2.24) is 9.88 Å². The first-order valence-corrected chi connectivity index (χ1v) is 6.90. The van der Waals surface area contributed by atoms with Gasteiger partial charge in [-0.1, -0.05) is 12.1 Å². The largest absolute Gasteiger partial charge is 0.357 e. The molecule has 0 spiro atoms. The van der Waals surface area contributed by atoms with Gasteiger partial charge in [0.15, 0.2) is 0 Å². The molecule has 0 aliphatic heterocycles. The summed E-state index contributed by atoms with van der Waals surface area (Å²) in [6.45, 7) is 0. The number of aryl methyl sites for hydroxylation is 1. The number of rotatable bonds is 1. The fourth-order valence-electron chi connectivity index (χ4n) is 2.83. The van der Waals surface area contributed by atoms with Crippen LogP contribution in [0.2, 0.25) is 0 Å². The Labute approximate surface area is 110 Å². The van der Waals surface area contributed by atoms with E-state index in [1.54, 1.807) is 0 Å². The quantitative estimate of drug-likeness (QED) is 0.854. The maximum absolute atomic E-state index is 3.63. The third-order valence-electron chi connectivity index (χ3n) is 3.88. The Morgan fingerprint density at radius 3 is 2.94 bits per heavy atom. The van der Waals surface area contributed by atoms with Crippen molar-refractivity contribution < 1.29 is 0 Å². The first-order valence-electron chi connectivity index (χ1n) is 6.11. The van der Waals surface area contributed by atoms with Crippen molar-refractivity contribution in [1.29, 1.82) is 0 Å². The molecule has 0 amide bonds. The number of H-pyrrole nitrogens is 1. The van der Waals surface area contributed by atoms with E-state index in [4.69, 9.17) is 0 Å². The van der Waals surface area contributed by atoms with E-state index in [0.29, 0.717) is 6.04 Å². The summed E-state index contributed by atoms with van der Waals surface area (Å²) in [5, 5.41) is 1.39. The van der Waals surface area contributed by atoms with Crippen LogP contribution < -0.4 is 0 Å². The predicted molar refractivity (Wildman–Crippen MR) is 75.5 cm³/mol. The second-order valence-corrected chi connectivity index (χ2v) is 5.96. The van der Waals surface area contributed by atoms with Crippen LogP contribution in [0.25, 0.3) is 10.9 Å². The fourth-order valence-corrected chi connectivity index (χ4v) is 3.29. The maximum atomic E-state index is 3.63. The molecule has 1 atom stereocenters. The van der Waals surface area contributed by atoms with Crippen molar-refractivity contribution in [3.8, 4) is 0 Å². The molecule has 0 saturated heterocycles. The van der Waals surface area contributed by atoms with Crippen LogP contribution in [0.15, 0.2) is 22.7 Å². The van der Waals surface area contributed by atoms with Crippen LogP contribution in [-0.2, 0) is 12.8 Å². The second kappa shape index (κ2) is 4.14. The number of aromatic nitrogens is 1. The summed E-state index contributed by atoms with van der Waals surface area (Å²) in [4.78, 5) is 5.93. The average Bonchev–Trinajstić information content (AvgIpc) is 2.68. The molecule has 0 radical (unpaired) electrons. The molecule has 90 valence electrons. The lowest BCUT2D eigenvalue weighted by Gasteiger charge is -2.28.